The number of nitrogens with zero attached hydrogens (tertiary/aromatic N) is 1. The van der Waals surface area contributed by atoms with Crippen molar-refractivity contribution in [3.05, 3.63) is 0 Å². The van der Waals surface area contributed by atoms with Gasteiger partial charge in [-0.1, -0.05) is 26.2 Å². The topological polar surface area (TPSA) is 50.8 Å². The molecule has 1 saturated heterocycles. The highest BCUT2D eigenvalue weighted by Crippen LogP contribution is 2.27. The Bertz CT molecular complexity index is 381. The van der Waals surface area contributed by atoms with Crippen LogP contribution < -0.4 is 5.32 Å². The van der Waals surface area contributed by atoms with E-state index in [1.165, 1.54) is 32.1 Å². The molecule has 0 spiro atoms. The van der Waals surface area contributed by atoms with E-state index in [-0.39, 0.29) is 12.1 Å². The summed E-state index contributed by atoms with van der Waals surface area (Å²) >= 11 is 0. The summed E-state index contributed by atoms with van der Waals surface area (Å²) < 4.78 is 11.1. The Labute approximate surface area is 141 Å². The van der Waals surface area contributed by atoms with Crippen LogP contribution in [0.3, 0.4) is 0 Å². The van der Waals surface area contributed by atoms with Crippen LogP contribution in [0, 0.1) is 5.92 Å². The summed E-state index contributed by atoms with van der Waals surface area (Å²) in [5, 5.41) is 3.71. The highest BCUT2D eigenvalue weighted by Gasteiger charge is 2.32. The molecule has 3 unspecified atom stereocenters. The maximum absolute atomic E-state index is 12.4. The van der Waals surface area contributed by atoms with Crippen molar-refractivity contribution in [3.8, 4) is 0 Å². The van der Waals surface area contributed by atoms with Crippen LogP contribution in [0.1, 0.15) is 59.8 Å². The smallest absolute Gasteiger partial charge is 0.410 e. The lowest BCUT2D eigenvalue weighted by molar-refractivity contribution is -0.0328. The molecule has 5 heteroatoms. The second-order valence-corrected chi connectivity index (χ2v) is 7.87. The first-order valence-electron chi connectivity index (χ1n) is 9.21. The van der Waals surface area contributed by atoms with E-state index in [4.69, 9.17) is 9.47 Å². The van der Waals surface area contributed by atoms with Crippen molar-refractivity contribution >= 4 is 6.09 Å². The third kappa shape index (κ3) is 5.64. The van der Waals surface area contributed by atoms with Gasteiger partial charge in [0.2, 0.25) is 0 Å². The van der Waals surface area contributed by atoms with Crippen molar-refractivity contribution in [1.82, 2.24) is 10.2 Å². The van der Waals surface area contributed by atoms with E-state index >= 15 is 0 Å². The molecule has 0 radical (unpaired) electrons. The fourth-order valence-corrected chi connectivity index (χ4v) is 3.64. The number of morpholine rings is 1. The first kappa shape index (κ1) is 18.5. The number of ether oxygens (including phenoxy) is 2. The summed E-state index contributed by atoms with van der Waals surface area (Å²) in [7, 11) is 0. The Hall–Kier alpha value is -0.810. The monoisotopic (exact) mass is 326 g/mol. The molecule has 1 amide bonds. The van der Waals surface area contributed by atoms with E-state index in [9.17, 15) is 4.79 Å². The molecule has 1 aliphatic carbocycles. The van der Waals surface area contributed by atoms with Crippen molar-refractivity contribution in [1.29, 1.82) is 0 Å². The third-order valence-electron chi connectivity index (χ3n) is 4.90. The van der Waals surface area contributed by atoms with E-state index in [2.05, 4.69) is 12.2 Å². The molecule has 1 heterocycles. The van der Waals surface area contributed by atoms with Crippen LogP contribution in [0.4, 0.5) is 4.79 Å². The molecule has 134 valence electrons. The lowest BCUT2D eigenvalue weighted by Gasteiger charge is -2.39. The number of amides is 1. The van der Waals surface area contributed by atoms with Crippen LogP contribution in [0.25, 0.3) is 0 Å². The van der Waals surface area contributed by atoms with Crippen LogP contribution in [0.15, 0.2) is 0 Å². The molecule has 23 heavy (non-hydrogen) atoms. The minimum Gasteiger partial charge on any atom is -0.444 e. The molecule has 5 nitrogen and oxygen atoms in total. The van der Waals surface area contributed by atoms with Crippen molar-refractivity contribution in [3.63, 3.8) is 0 Å². The van der Waals surface area contributed by atoms with Gasteiger partial charge in [-0.3, -0.25) is 4.90 Å². The van der Waals surface area contributed by atoms with Crippen molar-refractivity contribution in [2.75, 3.05) is 26.3 Å². The fraction of sp³-hybridized carbons (Fsp3) is 0.944. The second-order valence-electron chi connectivity index (χ2n) is 7.87. The number of hydrogen-bond acceptors (Lipinski definition) is 4. The Morgan fingerprint density at radius 3 is 2.74 bits per heavy atom. The second kappa shape index (κ2) is 8.34. The first-order chi connectivity index (χ1) is 10.9. The summed E-state index contributed by atoms with van der Waals surface area (Å²) in [4.78, 5) is 14.3. The van der Waals surface area contributed by atoms with E-state index in [0.717, 1.165) is 12.5 Å². The number of carbonyl (C=O) groups excluding carboxylic acids is 1. The molecular formula is C18H34N2O3. The standard InChI is InChI=1S/C18H34N2O3/c1-5-14-8-6-7-9-16(14)19-12-15-13-22-11-10-20(15)17(21)23-18(2,3)4/h14-16,19H,5-13H2,1-4H3. The average Bonchev–Trinajstić information content (AvgIpc) is 2.51. The minimum absolute atomic E-state index is 0.0676. The van der Waals surface area contributed by atoms with E-state index in [1.54, 1.807) is 0 Å². The summed E-state index contributed by atoms with van der Waals surface area (Å²) in [6.07, 6.45) is 6.25. The predicted octanol–water partition coefficient (Wildman–Crippen LogP) is 3.18. The van der Waals surface area contributed by atoms with Gasteiger partial charge in [0.25, 0.3) is 0 Å². The molecule has 1 aliphatic heterocycles. The van der Waals surface area contributed by atoms with E-state index in [0.29, 0.717) is 25.8 Å². The highest BCUT2D eigenvalue weighted by molar-refractivity contribution is 5.68. The quantitative estimate of drug-likeness (QED) is 0.862. The van der Waals surface area contributed by atoms with Crippen molar-refractivity contribution in [2.24, 2.45) is 5.92 Å². The van der Waals surface area contributed by atoms with Gasteiger partial charge >= 0.3 is 6.09 Å². The SMILES string of the molecule is CCC1CCCCC1NCC1COCCN1C(=O)OC(C)(C)C. The van der Waals surface area contributed by atoms with Crippen LogP contribution in [0.5, 0.6) is 0 Å². The molecule has 2 rings (SSSR count). The maximum Gasteiger partial charge on any atom is 0.410 e. The van der Waals surface area contributed by atoms with Gasteiger partial charge in [-0.2, -0.15) is 0 Å². The zero-order valence-corrected chi connectivity index (χ0v) is 15.3. The molecule has 2 fully saturated rings. The first-order valence-corrected chi connectivity index (χ1v) is 9.21. The van der Waals surface area contributed by atoms with Gasteiger partial charge in [-0.15, -0.1) is 0 Å². The van der Waals surface area contributed by atoms with Gasteiger partial charge in [-0.05, 0) is 39.5 Å². The zero-order chi connectivity index (χ0) is 16.9. The molecule has 3 atom stereocenters. The maximum atomic E-state index is 12.4. The fourth-order valence-electron chi connectivity index (χ4n) is 3.64. The molecule has 1 N–H and O–H groups in total. The Morgan fingerprint density at radius 1 is 1.30 bits per heavy atom. The van der Waals surface area contributed by atoms with E-state index < -0.39 is 5.60 Å². The summed E-state index contributed by atoms with van der Waals surface area (Å²) in [6.45, 7) is 10.6. The predicted molar refractivity (Wildman–Crippen MR) is 91.6 cm³/mol. The molecular weight excluding hydrogens is 292 g/mol. The molecule has 0 bridgehead atoms. The number of carbonyl (C=O) groups is 1. The van der Waals surface area contributed by atoms with Gasteiger partial charge in [0, 0.05) is 19.1 Å². The van der Waals surface area contributed by atoms with Gasteiger partial charge in [0.15, 0.2) is 0 Å². The van der Waals surface area contributed by atoms with Gasteiger partial charge in [0.05, 0.1) is 19.3 Å². The Kier molecular flexibility index (Phi) is 6.72. The van der Waals surface area contributed by atoms with Crippen LogP contribution >= 0.6 is 0 Å². The summed E-state index contributed by atoms with van der Waals surface area (Å²) in [5.41, 5.74) is -0.454. The van der Waals surface area contributed by atoms with Crippen LogP contribution in [-0.4, -0.2) is 55.0 Å². The third-order valence-corrected chi connectivity index (χ3v) is 4.90. The Balaban J connectivity index is 1.89. The van der Waals surface area contributed by atoms with Crippen molar-refractivity contribution < 1.29 is 14.3 Å². The molecule has 0 aromatic heterocycles. The summed E-state index contributed by atoms with van der Waals surface area (Å²) in [6, 6.07) is 0.647. The van der Waals surface area contributed by atoms with Crippen LogP contribution in [-0.2, 0) is 9.47 Å². The molecule has 0 aromatic rings. The molecule has 1 saturated carbocycles. The lowest BCUT2D eigenvalue weighted by atomic mass is 9.83. The summed E-state index contributed by atoms with van der Waals surface area (Å²) in [5.74, 6) is 0.767. The van der Waals surface area contributed by atoms with Gasteiger partial charge < -0.3 is 14.8 Å². The lowest BCUT2D eigenvalue weighted by Crippen LogP contribution is -2.55. The molecule has 0 aromatic carbocycles. The number of nitrogens with one attached hydrogen (secondary N) is 1. The normalized spacial score (nSPS) is 29.4. The van der Waals surface area contributed by atoms with Gasteiger partial charge in [-0.25, -0.2) is 4.79 Å². The Morgan fingerprint density at radius 2 is 2.04 bits per heavy atom. The number of rotatable bonds is 4. The number of hydrogen-bond donors (Lipinski definition) is 1. The van der Waals surface area contributed by atoms with Crippen LogP contribution in [0.2, 0.25) is 0 Å². The van der Waals surface area contributed by atoms with Crippen molar-refractivity contribution in [2.45, 2.75) is 77.5 Å². The largest absolute Gasteiger partial charge is 0.444 e. The minimum atomic E-state index is -0.454. The zero-order valence-electron chi connectivity index (χ0n) is 15.3. The van der Waals surface area contributed by atoms with Gasteiger partial charge in [0.1, 0.15) is 5.60 Å². The average molecular weight is 326 g/mol. The van der Waals surface area contributed by atoms with E-state index in [1.807, 2.05) is 25.7 Å². The highest BCUT2D eigenvalue weighted by atomic mass is 16.6. The molecule has 2 aliphatic rings.